The van der Waals surface area contributed by atoms with Crippen LogP contribution in [-0.2, 0) is 14.8 Å². The van der Waals surface area contributed by atoms with Gasteiger partial charge in [-0.25, -0.2) is 8.42 Å². The molecule has 0 radical (unpaired) electrons. The van der Waals surface area contributed by atoms with Gasteiger partial charge in [0.2, 0.25) is 10.0 Å². The summed E-state index contributed by atoms with van der Waals surface area (Å²) in [6.45, 7) is 3.12. The van der Waals surface area contributed by atoms with Crippen molar-refractivity contribution in [3.63, 3.8) is 0 Å². The maximum Gasteiger partial charge on any atom is 0.244 e. The van der Waals surface area contributed by atoms with Gasteiger partial charge >= 0.3 is 0 Å². The van der Waals surface area contributed by atoms with Crippen molar-refractivity contribution < 1.29 is 13.2 Å². The van der Waals surface area contributed by atoms with E-state index in [9.17, 15) is 8.42 Å². The monoisotopic (exact) mass is 397 g/mol. The SMILES string of the molecule is C[C@@H]1COCCN1S(=O)(=O)c1cc(Br)ccc1Br. The van der Waals surface area contributed by atoms with E-state index in [-0.39, 0.29) is 10.9 Å². The Labute approximate surface area is 124 Å². The van der Waals surface area contributed by atoms with Gasteiger partial charge in [-0.1, -0.05) is 15.9 Å². The largest absolute Gasteiger partial charge is 0.378 e. The molecule has 4 nitrogen and oxygen atoms in total. The predicted molar refractivity (Wildman–Crippen MR) is 76.0 cm³/mol. The van der Waals surface area contributed by atoms with Crippen LogP contribution in [-0.4, -0.2) is 38.5 Å². The zero-order valence-electron chi connectivity index (χ0n) is 9.77. The van der Waals surface area contributed by atoms with Crippen LogP contribution in [0.2, 0.25) is 0 Å². The molecule has 1 aromatic carbocycles. The van der Waals surface area contributed by atoms with Crippen molar-refractivity contribution in [1.29, 1.82) is 0 Å². The van der Waals surface area contributed by atoms with Crippen molar-refractivity contribution in [1.82, 2.24) is 4.31 Å². The number of rotatable bonds is 2. The molecule has 0 amide bonds. The van der Waals surface area contributed by atoms with Crippen LogP contribution in [0, 0.1) is 0 Å². The van der Waals surface area contributed by atoms with Crippen molar-refractivity contribution in [3.8, 4) is 0 Å². The second kappa shape index (κ2) is 5.58. The summed E-state index contributed by atoms with van der Waals surface area (Å²) in [6, 6.07) is 4.99. The van der Waals surface area contributed by atoms with Crippen LogP contribution < -0.4 is 0 Å². The Morgan fingerprint density at radius 1 is 1.39 bits per heavy atom. The summed E-state index contributed by atoms with van der Waals surface area (Å²) in [5, 5.41) is 0. The van der Waals surface area contributed by atoms with E-state index < -0.39 is 10.0 Å². The van der Waals surface area contributed by atoms with Crippen LogP contribution >= 0.6 is 31.9 Å². The first kappa shape index (κ1) is 14.5. The lowest BCUT2D eigenvalue weighted by molar-refractivity contribution is 0.0392. The predicted octanol–water partition coefficient (Wildman–Crippen LogP) is 2.62. The molecule has 2 rings (SSSR count). The number of ether oxygens (including phenoxy) is 1. The topological polar surface area (TPSA) is 46.6 Å². The van der Waals surface area contributed by atoms with Gasteiger partial charge in [0.1, 0.15) is 0 Å². The van der Waals surface area contributed by atoms with Gasteiger partial charge in [0.25, 0.3) is 0 Å². The first-order chi connectivity index (χ1) is 8.43. The zero-order chi connectivity index (χ0) is 13.3. The highest BCUT2D eigenvalue weighted by atomic mass is 79.9. The number of nitrogens with zero attached hydrogens (tertiary/aromatic N) is 1. The average Bonchev–Trinajstić information content (AvgIpc) is 2.32. The highest BCUT2D eigenvalue weighted by Crippen LogP contribution is 2.29. The molecule has 1 aliphatic rings. The first-order valence-corrected chi connectivity index (χ1v) is 8.50. The lowest BCUT2D eigenvalue weighted by atomic mass is 10.3. The Morgan fingerprint density at radius 3 is 2.78 bits per heavy atom. The normalized spacial score (nSPS) is 22.1. The van der Waals surface area contributed by atoms with E-state index in [1.165, 1.54) is 4.31 Å². The number of hydrogen-bond acceptors (Lipinski definition) is 3. The smallest absolute Gasteiger partial charge is 0.244 e. The quantitative estimate of drug-likeness (QED) is 0.769. The fraction of sp³-hybridized carbons (Fsp3) is 0.455. The van der Waals surface area contributed by atoms with Crippen LogP contribution in [0.3, 0.4) is 0 Å². The lowest BCUT2D eigenvalue weighted by Crippen LogP contribution is -2.47. The molecule has 7 heteroatoms. The minimum absolute atomic E-state index is 0.144. The Bertz CT molecular complexity index is 547. The lowest BCUT2D eigenvalue weighted by Gasteiger charge is -2.32. The number of benzene rings is 1. The summed E-state index contributed by atoms with van der Waals surface area (Å²) in [5.74, 6) is 0. The van der Waals surface area contributed by atoms with Crippen LogP contribution in [0.5, 0.6) is 0 Å². The Hall–Kier alpha value is 0.0500. The van der Waals surface area contributed by atoms with Gasteiger partial charge in [0.05, 0.1) is 18.1 Å². The molecule has 100 valence electrons. The van der Waals surface area contributed by atoms with E-state index in [0.717, 1.165) is 4.47 Å². The Balaban J connectivity index is 2.44. The van der Waals surface area contributed by atoms with Crippen LogP contribution in [0.15, 0.2) is 32.0 Å². The van der Waals surface area contributed by atoms with Gasteiger partial charge in [0, 0.05) is 21.5 Å². The summed E-state index contributed by atoms with van der Waals surface area (Å²) in [6.07, 6.45) is 0. The minimum atomic E-state index is -3.49. The third kappa shape index (κ3) is 2.80. The van der Waals surface area contributed by atoms with Crippen LogP contribution in [0.4, 0.5) is 0 Å². The summed E-state index contributed by atoms with van der Waals surface area (Å²) >= 11 is 6.59. The fourth-order valence-electron chi connectivity index (χ4n) is 1.87. The molecule has 0 bridgehead atoms. The Kier molecular flexibility index (Phi) is 4.48. The summed E-state index contributed by atoms with van der Waals surface area (Å²) < 4.78 is 33.3. The minimum Gasteiger partial charge on any atom is -0.378 e. The van der Waals surface area contributed by atoms with E-state index >= 15 is 0 Å². The molecule has 1 heterocycles. The van der Waals surface area contributed by atoms with Gasteiger partial charge in [-0.2, -0.15) is 4.31 Å². The maximum absolute atomic E-state index is 12.6. The maximum atomic E-state index is 12.6. The summed E-state index contributed by atoms with van der Waals surface area (Å²) in [7, 11) is -3.49. The average molecular weight is 399 g/mol. The molecule has 0 spiro atoms. The third-order valence-corrected chi connectivity index (χ3v) is 6.29. The van der Waals surface area contributed by atoms with Crippen molar-refractivity contribution in [2.75, 3.05) is 19.8 Å². The standard InChI is InChI=1S/C11H13Br2NO3S/c1-8-7-17-5-4-14(8)18(15,16)11-6-9(12)2-3-10(11)13/h2-3,6,8H,4-5,7H2,1H3/t8-/m1/s1. The van der Waals surface area contributed by atoms with Crippen LogP contribution in [0.1, 0.15) is 6.92 Å². The van der Waals surface area contributed by atoms with E-state index in [4.69, 9.17) is 4.74 Å². The molecular weight excluding hydrogens is 386 g/mol. The van der Waals surface area contributed by atoms with Gasteiger partial charge in [-0.05, 0) is 41.1 Å². The van der Waals surface area contributed by atoms with E-state index in [2.05, 4.69) is 31.9 Å². The zero-order valence-corrected chi connectivity index (χ0v) is 13.8. The van der Waals surface area contributed by atoms with Gasteiger partial charge in [-0.15, -0.1) is 0 Å². The van der Waals surface area contributed by atoms with Crippen molar-refractivity contribution >= 4 is 41.9 Å². The van der Waals surface area contributed by atoms with Crippen molar-refractivity contribution in [3.05, 3.63) is 27.1 Å². The van der Waals surface area contributed by atoms with E-state index in [1.807, 2.05) is 6.92 Å². The molecule has 1 saturated heterocycles. The number of morpholine rings is 1. The second-order valence-electron chi connectivity index (χ2n) is 4.11. The molecule has 1 aliphatic heterocycles. The molecule has 0 unspecified atom stereocenters. The number of hydrogen-bond donors (Lipinski definition) is 0. The molecular formula is C11H13Br2NO3S. The van der Waals surface area contributed by atoms with Crippen molar-refractivity contribution in [2.24, 2.45) is 0 Å². The van der Waals surface area contributed by atoms with Crippen LogP contribution in [0.25, 0.3) is 0 Å². The summed E-state index contributed by atoms with van der Waals surface area (Å²) in [4.78, 5) is 0.283. The second-order valence-corrected chi connectivity index (χ2v) is 7.74. The highest BCUT2D eigenvalue weighted by molar-refractivity contribution is 9.11. The molecule has 18 heavy (non-hydrogen) atoms. The molecule has 0 N–H and O–H groups in total. The highest BCUT2D eigenvalue weighted by Gasteiger charge is 2.32. The fourth-order valence-corrected chi connectivity index (χ4v) is 4.94. The molecule has 0 aliphatic carbocycles. The van der Waals surface area contributed by atoms with E-state index in [0.29, 0.717) is 24.2 Å². The van der Waals surface area contributed by atoms with Crippen molar-refractivity contribution in [2.45, 2.75) is 17.9 Å². The third-order valence-electron chi connectivity index (χ3n) is 2.79. The van der Waals surface area contributed by atoms with Gasteiger partial charge in [-0.3, -0.25) is 0 Å². The molecule has 0 aromatic heterocycles. The molecule has 0 saturated carbocycles. The number of sulfonamides is 1. The Morgan fingerprint density at radius 2 is 2.11 bits per heavy atom. The molecule has 1 fully saturated rings. The molecule has 1 aromatic rings. The van der Waals surface area contributed by atoms with E-state index in [1.54, 1.807) is 18.2 Å². The molecule has 1 atom stereocenters. The van der Waals surface area contributed by atoms with Gasteiger partial charge < -0.3 is 4.74 Å². The van der Waals surface area contributed by atoms with Gasteiger partial charge in [0.15, 0.2) is 0 Å². The summed E-state index contributed by atoms with van der Waals surface area (Å²) in [5.41, 5.74) is 0. The number of halogens is 2. The first-order valence-electron chi connectivity index (χ1n) is 5.47.